The van der Waals surface area contributed by atoms with Gasteiger partial charge in [-0.05, 0) is 44.4 Å². The number of nitrogens with one attached hydrogen (secondary N) is 1. The molecule has 1 amide bonds. The van der Waals surface area contributed by atoms with Crippen LogP contribution in [0.4, 0.5) is 0 Å². The first-order valence-electron chi connectivity index (χ1n) is 9.05. The average molecular weight is 341 g/mol. The highest BCUT2D eigenvalue weighted by atomic mass is 16.5. The van der Waals surface area contributed by atoms with E-state index in [4.69, 9.17) is 4.74 Å². The van der Waals surface area contributed by atoms with Crippen molar-refractivity contribution in [3.05, 3.63) is 47.8 Å². The molecule has 1 saturated carbocycles. The van der Waals surface area contributed by atoms with Gasteiger partial charge in [0.05, 0.1) is 24.4 Å². The molecule has 0 aliphatic heterocycles. The van der Waals surface area contributed by atoms with Gasteiger partial charge in [-0.1, -0.05) is 31.4 Å². The number of amides is 1. The van der Waals surface area contributed by atoms with E-state index in [1.54, 1.807) is 13.3 Å². The van der Waals surface area contributed by atoms with Crippen molar-refractivity contribution in [2.75, 3.05) is 7.11 Å². The molecule has 1 heterocycles. The van der Waals surface area contributed by atoms with Crippen molar-refractivity contribution in [1.29, 1.82) is 0 Å². The predicted molar refractivity (Wildman–Crippen MR) is 97.8 cm³/mol. The number of hydrogen-bond acceptors (Lipinski definition) is 3. The van der Waals surface area contributed by atoms with Crippen molar-refractivity contribution in [2.45, 2.75) is 57.5 Å². The lowest BCUT2D eigenvalue weighted by molar-refractivity contribution is 0.0866. The minimum absolute atomic E-state index is 0.0513. The zero-order chi connectivity index (χ0) is 17.9. The highest BCUT2D eigenvalue weighted by Crippen LogP contribution is 2.38. The molecule has 5 nitrogen and oxygen atoms in total. The van der Waals surface area contributed by atoms with Crippen LogP contribution in [0.3, 0.4) is 0 Å². The maximum Gasteiger partial charge on any atom is 0.255 e. The number of methoxy groups -OCH3 is 1. The highest BCUT2D eigenvalue weighted by Gasteiger charge is 2.35. The number of rotatable bonds is 5. The molecule has 0 saturated heterocycles. The van der Waals surface area contributed by atoms with E-state index < -0.39 is 0 Å². The van der Waals surface area contributed by atoms with Crippen LogP contribution in [0.25, 0.3) is 0 Å². The molecule has 2 aromatic rings. The fourth-order valence-electron chi connectivity index (χ4n) is 3.58. The van der Waals surface area contributed by atoms with Gasteiger partial charge in [-0.3, -0.25) is 9.48 Å². The number of hydrogen-bond donors (Lipinski definition) is 1. The Hall–Kier alpha value is -2.30. The van der Waals surface area contributed by atoms with E-state index >= 15 is 0 Å². The molecule has 1 aromatic heterocycles. The number of ether oxygens (including phenoxy) is 1. The first-order valence-corrected chi connectivity index (χ1v) is 9.05. The second-order valence-electron chi connectivity index (χ2n) is 7.13. The van der Waals surface area contributed by atoms with Gasteiger partial charge in [0.25, 0.3) is 5.91 Å². The maximum absolute atomic E-state index is 12.9. The van der Waals surface area contributed by atoms with E-state index in [2.05, 4.69) is 36.4 Å². The lowest BCUT2D eigenvalue weighted by Crippen LogP contribution is -2.47. The summed E-state index contributed by atoms with van der Waals surface area (Å²) in [5.74, 6) is 0.781. The Morgan fingerprint density at radius 2 is 1.88 bits per heavy atom. The van der Waals surface area contributed by atoms with Gasteiger partial charge in [-0.25, -0.2) is 0 Å². The Kier molecular flexibility index (Phi) is 5.11. The number of carbonyl (C=O) groups is 1. The number of carbonyl (C=O) groups excluding carboxylic acids is 1. The second-order valence-corrected chi connectivity index (χ2v) is 7.13. The fourth-order valence-corrected chi connectivity index (χ4v) is 3.58. The minimum atomic E-state index is -0.304. The number of nitrogens with zero attached hydrogens (tertiary/aromatic N) is 2. The van der Waals surface area contributed by atoms with Gasteiger partial charge in [0.15, 0.2) is 0 Å². The Morgan fingerprint density at radius 1 is 1.20 bits per heavy atom. The molecule has 5 heteroatoms. The molecule has 1 fully saturated rings. The van der Waals surface area contributed by atoms with Crippen molar-refractivity contribution >= 4 is 5.91 Å². The summed E-state index contributed by atoms with van der Waals surface area (Å²) in [4.78, 5) is 12.9. The Bertz CT molecular complexity index is 713. The third-order valence-electron chi connectivity index (χ3n) is 5.10. The Balaban J connectivity index is 1.85. The summed E-state index contributed by atoms with van der Waals surface area (Å²) in [6, 6.07) is 8.32. The zero-order valence-corrected chi connectivity index (χ0v) is 15.3. The standard InChI is InChI=1S/C20H27N3O2/c1-15(2)23-14-16(13-21-23)19(24)22-20(11-5-4-6-12-20)17-7-9-18(25-3)10-8-17/h7-10,13-15H,4-6,11-12H2,1-3H3,(H,22,24). The van der Waals surface area contributed by atoms with E-state index in [9.17, 15) is 4.79 Å². The van der Waals surface area contributed by atoms with E-state index in [1.165, 1.54) is 6.42 Å². The minimum Gasteiger partial charge on any atom is -0.497 e. The summed E-state index contributed by atoms with van der Waals surface area (Å²) in [5, 5.41) is 7.61. The zero-order valence-electron chi connectivity index (χ0n) is 15.3. The van der Waals surface area contributed by atoms with Crippen LogP contribution in [-0.2, 0) is 5.54 Å². The SMILES string of the molecule is COc1ccc(C2(NC(=O)c3cnn(C(C)C)c3)CCCCC2)cc1. The van der Waals surface area contributed by atoms with Gasteiger partial charge < -0.3 is 10.1 Å². The highest BCUT2D eigenvalue weighted by molar-refractivity contribution is 5.94. The van der Waals surface area contributed by atoms with Crippen LogP contribution in [0.2, 0.25) is 0 Å². The third-order valence-corrected chi connectivity index (χ3v) is 5.10. The van der Waals surface area contributed by atoms with E-state index in [0.29, 0.717) is 5.56 Å². The molecule has 134 valence electrons. The molecule has 1 aromatic carbocycles. The van der Waals surface area contributed by atoms with Crippen molar-refractivity contribution in [2.24, 2.45) is 0 Å². The molecule has 1 aliphatic rings. The first kappa shape index (κ1) is 17.5. The molecule has 0 atom stereocenters. The summed E-state index contributed by atoms with van der Waals surface area (Å²) in [6.45, 7) is 4.10. The first-order chi connectivity index (χ1) is 12.0. The largest absolute Gasteiger partial charge is 0.497 e. The van der Waals surface area contributed by atoms with Crippen molar-refractivity contribution in [3.63, 3.8) is 0 Å². The van der Waals surface area contributed by atoms with Crippen LogP contribution in [0.15, 0.2) is 36.7 Å². The molecule has 1 N–H and O–H groups in total. The summed E-state index contributed by atoms with van der Waals surface area (Å²) in [7, 11) is 1.67. The van der Waals surface area contributed by atoms with Gasteiger partial charge in [-0.2, -0.15) is 5.10 Å². The maximum atomic E-state index is 12.9. The lowest BCUT2D eigenvalue weighted by atomic mass is 9.76. The quantitative estimate of drug-likeness (QED) is 0.892. The predicted octanol–water partition coefficient (Wildman–Crippen LogP) is 4.06. The fraction of sp³-hybridized carbons (Fsp3) is 0.500. The number of benzene rings is 1. The van der Waals surface area contributed by atoms with Gasteiger partial charge in [0, 0.05) is 12.2 Å². The van der Waals surface area contributed by atoms with Gasteiger partial charge in [0.1, 0.15) is 5.75 Å². The molecule has 3 rings (SSSR count). The van der Waals surface area contributed by atoms with Crippen LogP contribution in [0.1, 0.15) is 67.9 Å². The van der Waals surface area contributed by atoms with Crippen LogP contribution >= 0.6 is 0 Å². The van der Waals surface area contributed by atoms with E-state index in [0.717, 1.165) is 37.0 Å². The third kappa shape index (κ3) is 3.70. The van der Waals surface area contributed by atoms with Crippen LogP contribution in [0.5, 0.6) is 5.75 Å². The molecule has 0 unspecified atom stereocenters. The van der Waals surface area contributed by atoms with Gasteiger partial charge in [-0.15, -0.1) is 0 Å². The van der Waals surface area contributed by atoms with Crippen molar-refractivity contribution in [1.82, 2.24) is 15.1 Å². The summed E-state index contributed by atoms with van der Waals surface area (Å²) in [5.41, 5.74) is 1.46. The number of aromatic nitrogens is 2. The summed E-state index contributed by atoms with van der Waals surface area (Å²) in [6.07, 6.45) is 8.87. The van der Waals surface area contributed by atoms with Crippen molar-refractivity contribution < 1.29 is 9.53 Å². The van der Waals surface area contributed by atoms with E-state index in [1.807, 2.05) is 23.0 Å². The molecular weight excluding hydrogens is 314 g/mol. The van der Waals surface area contributed by atoms with Crippen molar-refractivity contribution in [3.8, 4) is 5.75 Å². The smallest absolute Gasteiger partial charge is 0.255 e. The molecule has 25 heavy (non-hydrogen) atoms. The molecule has 0 bridgehead atoms. The molecular formula is C20H27N3O2. The Morgan fingerprint density at radius 3 is 2.44 bits per heavy atom. The van der Waals surface area contributed by atoms with Gasteiger partial charge in [0.2, 0.25) is 0 Å². The molecule has 0 radical (unpaired) electrons. The second kappa shape index (κ2) is 7.30. The van der Waals surface area contributed by atoms with E-state index in [-0.39, 0.29) is 17.5 Å². The normalized spacial score (nSPS) is 16.6. The van der Waals surface area contributed by atoms with Crippen LogP contribution < -0.4 is 10.1 Å². The Labute approximate surface area is 149 Å². The van der Waals surface area contributed by atoms with Crippen LogP contribution in [0, 0.1) is 0 Å². The average Bonchev–Trinajstić information content (AvgIpc) is 3.13. The molecule has 0 spiro atoms. The topological polar surface area (TPSA) is 56.1 Å². The lowest BCUT2D eigenvalue weighted by Gasteiger charge is -2.38. The summed E-state index contributed by atoms with van der Waals surface area (Å²) < 4.78 is 7.08. The van der Waals surface area contributed by atoms with Crippen LogP contribution in [-0.4, -0.2) is 22.8 Å². The van der Waals surface area contributed by atoms with Gasteiger partial charge >= 0.3 is 0 Å². The summed E-state index contributed by atoms with van der Waals surface area (Å²) >= 11 is 0. The molecule has 1 aliphatic carbocycles. The monoisotopic (exact) mass is 341 g/mol.